The molecule has 0 spiro atoms. The summed E-state index contributed by atoms with van der Waals surface area (Å²) < 4.78 is 65.5. The molecule has 0 unspecified atom stereocenters. The Morgan fingerprint density at radius 1 is 0.469 bits per heavy atom. The smallest absolute Gasteiger partial charge is 0.0300 e. The third kappa shape index (κ3) is 78.4. The lowest BCUT2D eigenvalue weighted by Gasteiger charge is -2.18. The van der Waals surface area contributed by atoms with Gasteiger partial charge in [-0.2, -0.15) is 0 Å². The van der Waals surface area contributed by atoms with Gasteiger partial charge in [0.2, 0.25) is 0 Å². The molecule has 0 aromatic heterocycles. The van der Waals surface area contributed by atoms with Crippen molar-refractivity contribution in [2.75, 3.05) is 0 Å². The summed E-state index contributed by atoms with van der Waals surface area (Å²) in [6, 6.07) is 0. The van der Waals surface area contributed by atoms with E-state index < -0.39 is 19.1 Å². The molecule has 0 bridgehead atoms. The number of hydrogen-bond acceptors (Lipinski definition) is 0. The van der Waals surface area contributed by atoms with Crippen molar-refractivity contribution in [1.29, 1.82) is 0 Å². The topological polar surface area (TPSA) is 0 Å². The highest BCUT2D eigenvalue weighted by Crippen LogP contribution is 2.27. The molecule has 4 saturated carbocycles. The monoisotopic (exact) mass is 708 g/mol. The van der Waals surface area contributed by atoms with Gasteiger partial charge in [-0.3, -0.25) is 0 Å². The summed E-state index contributed by atoms with van der Waals surface area (Å²) in [6.45, 7) is 35.6. The lowest BCUT2D eigenvalue weighted by atomic mass is 9.88. The molecule has 0 aliphatic heterocycles. The van der Waals surface area contributed by atoms with Crippen LogP contribution in [0, 0.1) is 35.4 Å². The van der Waals surface area contributed by atoms with Crippen LogP contribution in [0.5, 0.6) is 0 Å². The maximum atomic E-state index is 7.63. The van der Waals surface area contributed by atoms with Gasteiger partial charge < -0.3 is 0 Å². The molecule has 0 aromatic carbocycles. The highest BCUT2D eigenvalue weighted by atomic mass is 14.2. The van der Waals surface area contributed by atoms with Gasteiger partial charge in [-0.25, -0.2) is 0 Å². The standard InChI is InChI=1S/C8H16.2C7H14.C6H12.4C4H10.C3H8.C2H6/c1-2-8-6-4-3-5-7-8;1-7-5-3-2-4-6-7;1-2-7-5-3-4-6-7;1-6-4-2-3-5-6;2*1-4(2)3;2*1-3-4-2;1-3-2;1-2/h8H,2-7H2,1H3;2*7H,2-6H2,1H3;6H,2-5H2,1H3;2*4H,1-3H3;2*3-4H2,1-2H3;3H2,1-2H3;1-2H3/i2D2;7D;2D2;6D;4D;;3D2;;;. The minimum absolute atomic E-state index is 0.0556. The highest BCUT2D eigenvalue weighted by molar-refractivity contribution is 4.65. The first-order chi connectivity index (χ1) is 26.2. The van der Waals surface area contributed by atoms with Crippen LogP contribution >= 0.6 is 0 Å². The summed E-state index contributed by atoms with van der Waals surface area (Å²) >= 11 is 0. The normalized spacial score (nSPS) is 22.2. The van der Waals surface area contributed by atoms with Crippen LogP contribution in [0.2, 0.25) is 0 Å². The van der Waals surface area contributed by atoms with Gasteiger partial charge in [-0.1, -0.05) is 285 Å². The van der Waals surface area contributed by atoms with E-state index in [9.17, 15) is 0 Å². The molecule has 0 heteroatoms. The Labute approximate surface area is 332 Å². The van der Waals surface area contributed by atoms with Gasteiger partial charge in [0.1, 0.15) is 0 Å². The number of hydrogen-bond donors (Lipinski definition) is 0. The van der Waals surface area contributed by atoms with Crippen molar-refractivity contribution in [1.82, 2.24) is 0 Å². The predicted molar refractivity (Wildman–Crippen MR) is 238 cm³/mol. The molecule has 4 aliphatic carbocycles. The van der Waals surface area contributed by atoms with Gasteiger partial charge >= 0.3 is 0 Å². The molecular weight excluding hydrogens is 589 g/mol. The predicted octanol–water partition coefficient (Wildman–Crippen LogP) is 19.7. The molecule has 4 rings (SSSR count). The summed E-state index contributed by atoms with van der Waals surface area (Å²) in [4.78, 5) is 0. The van der Waals surface area contributed by atoms with Gasteiger partial charge in [-0.05, 0) is 35.4 Å². The lowest BCUT2D eigenvalue weighted by Crippen LogP contribution is -2.03. The van der Waals surface area contributed by atoms with E-state index in [4.69, 9.17) is 12.3 Å². The Morgan fingerprint density at radius 2 is 0.653 bits per heavy atom. The van der Waals surface area contributed by atoms with Gasteiger partial charge in [0.15, 0.2) is 0 Å². The molecule has 0 N–H and O–H groups in total. The van der Waals surface area contributed by atoms with Gasteiger partial charge in [0.25, 0.3) is 0 Å². The Bertz CT molecular complexity index is 762. The van der Waals surface area contributed by atoms with Crippen molar-refractivity contribution in [3.05, 3.63) is 0 Å². The van der Waals surface area contributed by atoms with E-state index in [1.54, 1.807) is 20.8 Å². The molecule has 0 amide bonds. The Morgan fingerprint density at radius 3 is 0.776 bits per heavy atom. The molecule has 0 saturated heterocycles. The van der Waals surface area contributed by atoms with E-state index in [1.807, 2.05) is 55.4 Å². The SMILES string of the molecule is CC.CC(C)C.CCC.CCCC.[2H]C(C)(C)C.[2H]C([2H])(C)C1CCCC1.[2H]C([2H])(C)C1CCCCC1.[2H]C([2H])(C)CC.[2H]C1(C)CCCC1.[2H]C1(C)CCCCC1. The van der Waals surface area contributed by atoms with Gasteiger partial charge in [0.05, 0.1) is 0 Å². The van der Waals surface area contributed by atoms with Crippen LogP contribution in [0.4, 0.5) is 0 Å². The first kappa shape index (κ1) is 41.8. The average Bonchev–Trinajstić information content (AvgIpc) is 3.78. The van der Waals surface area contributed by atoms with Crippen LogP contribution in [-0.4, -0.2) is 0 Å². The van der Waals surface area contributed by atoms with Crippen molar-refractivity contribution in [2.24, 2.45) is 35.4 Å². The molecule has 49 heavy (non-hydrogen) atoms. The fourth-order valence-electron chi connectivity index (χ4n) is 4.74. The summed E-state index contributed by atoms with van der Waals surface area (Å²) in [5, 5.41) is 0. The van der Waals surface area contributed by atoms with E-state index >= 15 is 0 Å². The van der Waals surface area contributed by atoms with Crippen LogP contribution in [0.15, 0.2) is 0 Å². The Balaban J connectivity index is -0.000000133. The Hall–Kier alpha value is 0. The highest BCUT2D eigenvalue weighted by Gasteiger charge is 2.11. The molecule has 0 atom stereocenters. The van der Waals surface area contributed by atoms with Crippen molar-refractivity contribution in [3.63, 3.8) is 0 Å². The van der Waals surface area contributed by atoms with Crippen LogP contribution in [-0.2, 0) is 0 Å². The molecule has 306 valence electrons. The fourth-order valence-corrected chi connectivity index (χ4v) is 4.74. The summed E-state index contributed by atoms with van der Waals surface area (Å²) in [5.74, 6) is 1.14. The summed E-state index contributed by atoms with van der Waals surface area (Å²) in [6.07, 6.45) is 23.3. The van der Waals surface area contributed by atoms with Crippen molar-refractivity contribution >= 4 is 0 Å². The lowest BCUT2D eigenvalue weighted by molar-refractivity contribution is 0.349. The molecule has 0 nitrogen and oxygen atoms in total. The quantitative estimate of drug-likeness (QED) is 0.273. The second-order valence-electron chi connectivity index (χ2n) is 15.2. The van der Waals surface area contributed by atoms with Crippen molar-refractivity contribution in [2.45, 2.75) is 285 Å². The number of unbranched alkanes of at least 4 members (excludes halogenated alkanes) is 1. The maximum absolute atomic E-state index is 7.63. The molecular formula is C49H110. The zero-order valence-electron chi connectivity index (χ0n) is 47.3. The second kappa shape index (κ2) is 57.3. The van der Waals surface area contributed by atoms with Gasteiger partial charge in [-0.15, -0.1) is 0 Å². The third-order valence-corrected chi connectivity index (χ3v) is 7.79. The molecule has 0 heterocycles. The van der Waals surface area contributed by atoms with E-state index in [-0.39, 0.29) is 17.7 Å². The minimum atomic E-state index is -0.958. The minimum Gasteiger partial charge on any atom is -0.0683 e. The fraction of sp³-hybridized carbons (Fsp3) is 1.00. The summed E-state index contributed by atoms with van der Waals surface area (Å²) in [7, 11) is 0. The van der Waals surface area contributed by atoms with Crippen molar-refractivity contribution < 1.29 is 12.3 Å². The summed E-state index contributed by atoms with van der Waals surface area (Å²) in [5.41, 5.74) is 0. The maximum Gasteiger partial charge on any atom is 0.0300 e. The third-order valence-electron chi connectivity index (χ3n) is 7.79. The van der Waals surface area contributed by atoms with E-state index in [0.717, 1.165) is 57.3 Å². The first-order valence-corrected chi connectivity index (χ1v) is 21.7. The van der Waals surface area contributed by atoms with Crippen molar-refractivity contribution in [3.8, 4) is 0 Å². The van der Waals surface area contributed by atoms with Gasteiger partial charge in [0, 0.05) is 12.3 Å². The molecule has 0 radical (unpaired) electrons. The zero-order chi connectivity index (χ0) is 47.3. The zero-order valence-corrected chi connectivity index (χ0v) is 38.3. The average molecular weight is 708 g/mol. The van der Waals surface area contributed by atoms with E-state index in [0.29, 0.717) is 18.3 Å². The van der Waals surface area contributed by atoms with Crippen LogP contribution in [0.25, 0.3) is 0 Å². The Kier molecular flexibility index (Phi) is 48.9. The van der Waals surface area contributed by atoms with E-state index in [2.05, 4.69) is 48.5 Å². The number of rotatable bonds is 4. The van der Waals surface area contributed by atoms with Crippen LogP contribution < -0.4 is 0 Å². The molecule has 4 fully saturated rings. The largest absolute Gasteiger partial charge is 0.0683 e. The molecule has 0 aromatic rings. The van der Waals surface area contributed by atoms with Crippen LogP contribution in [0.3, 0.4) is 0 Å². The van der Waals surface area contributed by atoms with Crippen LogP contribution in [0.1, 0.15) is 297 Å². The molecule has 4 aliphatic rings. The van der Waals surface area contributed by atoms with E-state index in [1.165, 1.54) is 83.5 Å². The first-order valence-electron chi connectivity index (χ1n) is 26.2. The second-order valence-corrected chi connectivity index (χ2v) is 15.2.